The van der Waals surface area contributed by atoms with E-state index >= 15 is 0 Å². The largest absolute Gasteiger partial charge is 0.484 e. The number of hydrogen-bond donors (Lipinski definition) is 2. The Bertz CT molecular complexity index is 2640. The Kier molecular flexibility index (Phi) is 18.8. The summed E-state index contributed by atoms with van der Waals surface area (Å²) >= 11 is 0. The van der Waals surface area contributed by atoms with Crippen LogP contribution in [0.5, 0.6) is 23.4 Å². The Balaban J connectivity index is 0.794. The monoisotopic (exact) mass is 973 g/mol. The zero-order valence-corrected chi connectivity index (χ0v) is 40.8. The molecule has 1 aromatic carbocycles. The summed E-state index contributed by atoms with van der Waals surface area (Å²) < 4.78 is 38.6. The molecule has 71 heavy (non-hydrogen) atoms. The van der Waals surface area contributed by atoms with Gasteiger partial charge in [0.05, 0.1) is 69.1 Å². The van der Waals surface area contributed by atoms with Gasteiger partial charge in [0, 0.05) is 61.1 Å². The van der Waals surface area contributed by atoms with E-state index in [2.05, 4.69) is 57.4 Å². The van der Waals surface area contributed by atoms with Crippen LogP contribution in [0.2, 0.25) is 0 Å². The second kappa shape index (κ2) is 25.3. The topological polar surface area (TPSA) is 248 Å². The van der Waals surface area contributed by atoms with E-state index in [9.17, 15) is 24.4 Å². The summed E-state index contributed by atoms with van der Waals surface area (Å²) in [4.78, 5) is 74.6. The van der Waals surface area contributed by atoms with Crippen LogP contribution in [-0.2, 0) is 35.1 Å². The molecule has 0 unspecified atom stereocenters. The molecule has 0 fully saturated rings. The lowest BCUT2D eigenvalue weighted by atomic mass is 9.88. The van der Waals surface area contributed by atoms with Crippen LogP contribution in [0.3, 0.4) is 0 Å². The van der Waals surface area contributed by atoms with Crippen LogP contribution in [0.1, 0.15) is 79.4 Å². The standard InChI is InChI=1S/C51H59N9O11/c1-50(2,3)17-16-41(48(64)65-6)59-47(63)34-12-15-44(55-29-34)71-38-11-7-10-37(27-38)70-33-43(61)54-19-20-66-21-22-67-23-24-68-25-26-69-49-56-30-36(31-57-49)40-14-13-39-45(62)51(4,5)60(46(39)58-40)32-35-9-8-18-53-42(35)28-52/h7-15,18,27,29-31,41H,16-17,19-26,32-33H2,1-6H3,(H,54,61)(H,59,63)/t41-/m0/s1. The summed E-state index contributed by atoms with van der Waals surface area (Å²) in [6, 6.07) is 18.4. The Morgan fingerprint density at radius 1 is 0.831 bits per heavy atom. The van der Waals surface area contributed by atoms with Crippen LogP contribution in [0, 0.1) is 16.7 Å². The fraction of sp³-hybridized carbons (Fsp3) is 0.412. The molecule has 1 aliphatic heterocycles. The molecule has 2 amide bonds. The van der Waals surface area contributed by atoms with Crippen LogP contribution >= 0.6 is 0 Å². The first-order valence-electron chi connectivity index (χ1n) is 23.0. The number of pyridine rings is 3. The summed E-state index contributed by atoms with van der Waals surface area (Å²) in [5.41, 5.74) is 2.08. The molecule has 2 N–H and O–H groups in total. The van der Waals surface area contributed by atoms with Crippen molar-refractivity contribution in [2.24, 2.45) is 5.41 Å². The van der Waals surface area contributed by atoms with Crippen LogP contribution in [0.15, 0.2) is 85.5 Å². The third kappa shape index (κ3) is 15.4. The van der Waals surface area contributed by atoms with Gasteiger partial charge in [-0.3, -0.25) is 14.4 Å². The smallest absolute Gasteiger partial charge is 0.328 e. The Hall–Kier alpha value is -7.60. The predicted octanol–water partition coefficient (Wildman–Crippen LogP) is 5.70. The maximum Gasteiger partial charge on any atom is 0.328 e. The summed E-state index contributed by atoms with van der Waals surface area (Å²) in [5, 5.41) is 15.0. The minimum Gasteiger partial charge on any atom is -0.484 e. The van der Waals surface area contributed by atoms with Gasteiger partial charge in [0.25, 0.3) is 11.8 Å². The van der Waals surface area contributed by atoms with Crippen molar-refractivity contribution in [2.45, 2.75) is 65.6 Å². The van der Waals surface area contributed by atoms with Crippen molar-refractivity contribution < 1.29 is 52.3 Å². The number of nitrogens with zero attached hydrogens (tertiary/aromatic N) is 7. The molecule has 0 bridgehead atoms. The van der Waals surface area contributed by atoms with Crippen molar-refractivity contribution in [1.29, 1.82) is 5.26 Å². The highest BCUT2D eigenvalue weighted by Gasteiger charge is 2.45. The van der Waals surface area contributed by atoms with E-state index in [1.54, 1.807) is 67.1 Å². The van der Waals surface area contributed by atoms with E-state index in [1.807, 2.05) is 24.8 Å². The second-order valence-corrected chi connectivity index (χ2v) is 17.9. The number of aromatic nitrogens is 5. The Labute approximate surface area is 412 Å². The number of carbonyl (C=O) groups excluding carboxylic acids is 4. The summed E-state index contributed by atoms with van der Waals surface area (Å²) in [7, 11) is 1.29. The van der Waals surface area contributed by atoms with Gasteiger partial charge in [0.2, 0.25) is 5.88 Å². The van der Waals surface area contributed by atoms with Crippen molar-refractivity contribution in [2.75, 3.05) is 71.4 Å². The first-order chi connectivity index (χ1) is 34.1. The Morgan fingerprint density at radius 3 is 2.24 bits per heavy atom. The molecule has 0 saturated heterocycles. The number of amides is 2. The van der Waals surface area contributed by atoms with Gasteiger partial charge in [-0.05, 0) is 68.5 Å². The fourth-order valence-electron chi connectivity index (χ4n) is 7.07. The highest BCUT2D eigenvalue weighted by atomic mass is 16.6. The number of anilines is 1. The van der Waals surface area contributed by atoms with E-state index < -0.39 is 23.5 Å². The minimum atomic E-state index is -0.874. The normalized spacial score (nSPS) is 13.1. The number of esters is 1. The number of benzene rings is 1. The number of ketones is 1. The number of nitriles is 1. The molecule has 0 spiro atoms. The highest BCUT2D eigenvalue weighted by molar-refractivity contribution is 6.13. The number of Topliss-reactive ketones (excluding diaryl/α,β-unsaturated/α-hetero) is 1. The average molecular weight is 974 g/mol. The molecule has 1 aliphatic rings. The van der Waals surface area contributed by atoms with Crippen LogP contribution in [-0.4, -0.2) is 127 Å². The van der Waals surface area contributed by atoms with Gasteiger partial charge in [-0.15, -0.1) is 0 Å². The van der Waals surface area contributed by atoms with Crippen molar-refractivity contribution in [3.8, 4) is 40.7 Å². The summed E-state index contributed by atoms with van der Waals surface area (Å²) in [6.45, 7) is 12.4. The van der Waals surface area contributed by atoms with E-state index in [1.165, 1.54) is 19.4 Å². The maximum absolute atomic E-state index is 13.3. The molecule has 374 valence electrons. The molecule has 5 aromatic rings. The lowest BCUT2D eigenvalue weighted by Gasteiger charge is -2.32. The van der Waals surface area contributed by atoms with E-state index in [-0.39, 0.29) is 67.5 Å². The molecule has 0 saturated carbocycles. The number of hydrogen-bond acceptors (Lipinski definition) is 18. The van der Waals surface area contributed by atoms with E-state index in [4.69, 9.17) is 38.1 Å². The number of carbonyl (C=O) groups is 4. The highest BCUT2D eigenvalue weighted by Crippen LogP contribution is 2.40. The molecule has 20 nitrogen and oxygen atoms in total. The zero-order valence-electron chi connectivity index (χ0n) is 40.8. The minimum absolute atomic E-state index is 0.0206. The summed E-state index contributed by atoms with van der Waals surface area (Å²) in [5.74, 6) is 0.202. The number of methoxy groups -OCH3 is 1. The van der Waals surface area contributed by atoms with Gasteiger partial charge in [-0.2, -0.15) is 5.26 Å². The molecule has 4 aromatic heterocycles. The van der Waals surface area contributed by atoms with Crippen LogP contribution < -0.4 is 29.7 Å². The molecule has 0 radical (unpaired) electrons. The van der Waals surface area contributed by atoms with Crippen LogP contribution in [0.4, 0.5) is 5.82 Å². The van der Waals surface area contributed by atoms with Crippen LogP contribution in [0.25, 0.3) is 11.3 Å². The SMILES string of the molecule is COC(=O)[C@H](CCC(C)(C)C)NC(=O)c1ccc(Oc2cccc(OCC(=O)NCCOCCOCCOCCOc3ncc(-c4ccc5c(n4)N(Cc4cccnc4C#N)C(C)(C)C5=O)cn3)c2)nc1. The average Bonchev–Trinajstić information content (AvgIpc) is 3.55. The quantitative estimate of drug-likeness (QED) is 0.0498. The Morgan fingerprint density at radius 2 is 1.55 bits per heavy atom. The van der Waals surface area contributed by atoms with Gasteiger partial charge >= 0.3 is 12.0 Å². The van der Waals surface area contributed by atoms with Gasteiger partial charge < -0.3 is 48.7 Å². The van der Waals surface area contributed by atoms with Gasteiger partial charge in [0.15, 0.2) is 12.4 Å². The molecule has 5 heterocycles. The van der Waals surface area contributed by atoms with Crippen molar-refractivity contribution >= 4 is 29.4 Å². The number of nitrogens with one attached hydrogen (secondary N) is 2. The summed E-state index contributed by atoms with van der Waals surface area (Å²) in [6.07, 6.45) is 7.27. The van der Waals surface area contributed by atoms with Crippen molar-refractivity contribution in [3.05, 3.63) is 108 Å². The molecule has 6 rings (SSSR count). The third-order valence-corrected chi connectivity index (χ3v) is 11.0. The van der Waals surface area contributed by atoms with Crippen molar-refractivity contribution in [1.82, 2.24) is 35.6 Å². The van der Waals surface area contributed by atoms with Gasteiger partial charge in [-0.25, -0.2) is 29.7 Å². The molecule has 0 aliphatic carbocycles. The lowest BCUT2D eigenvalue weighted by molar-refractivity contribution is -0.143. The third-order valence-electron chi connectivity index (χ3n) is 11.0. The predicted molar refractivity (Wildman–Crippen MR) is 258 cm³/mol. The first kappa shape index (κ1) is 52.8. The van der Waals surface area contributed by atoms with E-state index in [0.717, 1.165) is 0 Å². The van der Waals surface area contributed by atoms with Crippen molar-refractivity contribution in [3.63, 3.8) is 0 Å². The molecular formula is C51H59N9O11. The fourth-order valence-corrected chi connectivity index (χ4v) is 7.07. The lowest BCUT2D eigenvalue weighted by Crippen LogP contribution is -2.44. The maximum atomic E-state index is 13.3. The second-order valence-electron chi connectivity index (χ2n) is 17.9. The van der Waals surface area contributed by atoms with Gasteiger partial charge in [0.1, 0.15) is 41.7 Å². The number of fused-ring (bicyclic) bond motifs is 1. The number of ether oxygens (including phenoxy) is 7. The molecule has 1 atom stereocenters. The molecule has 20 heteroatoms. The van der Waals surface area contributed by atoms with E-state index in [0.29, 0.717) is 91.3 Å². The zero-order chi connectivity index (χ0) is 50.8. The molecular weight excluding hydrogens is 915 g/mol. The van der Waals surface area contributed by atoms with Gasteiger partial charge in [-0.1, -0.05) is 32.9 Å². The first-order valence-corrected chi connectivity index (χ1v) is 23.0. The number of rotatable bonds is 26.